The fourth-order valence-corrected chi connectivity index (χ4v) is 3.01. The van der Waals surface area contributed by atoms with Crippen molar-refractivity contribution in [2.24, 2.45) is 4.99 Å². The molecule has 2 aromatic carbocycles. The van der Waals surface area contributed by atoms with E-state index in [1.165, 1.54) is 12.1 Å². The Balaban J connectivity index is 0.00000261. The third-order valence-corrected chi connectivity index (χ3v) is 4.30. The topological polar surface area (TPSA) is 65.5 Å². The Labute approximate surface area is 175 Å². The number of benzene rings is 2. The minimum absolute atomic E-state index is 0. The smallest absolute Gasteiger partial charge is 0.225 e. The van der Waals surface area contributed by atoms with E-state index in [2.05, 4.69) is 20.9 Å². The van der Waals surface area contributed by atoms with Crippen LogP contribution in [0.15, 0.2) is 53.5 Å². The summed E-state index contributed by atoms with van der Waals surface area (Å²) in [4.78, 5) is 16.5. The molecule has 144 valence electrons. The number of amides is 1. The SMILES string of the molecule is CCNC(=NCc1ccc(F)cc1)NCC1CC(=O)Nc2ccccc21.I. The molecule has 0 aliphatic carbocycles. The van der Waals surface area contributed by atoms with Crippen LogP contribution in [0.25, 0.3) is 0 Å². The minimum atomic E-state index is -0.253. The molecule has 0 fully saturated rings. The van der Waals surface area contributed by atoms with Gasteiger partial charge >= 0.3 is 0 Å². The molecule has 2 aromatic rings. The predicted octanol–water partition coefficient (Wildman–Crippen LogP) is 3.62. The van der Waals surface area contributed by atoms with Gasteiger partial charge in [0.25, 0.3) is 0 Å². The van der Waals surface area contributed by atoms with Gasteiger partial charge in [-0.05, 0) is 36.2 Å². The van der Waals surface area contributed by atoms with Crippen molar-refractivity contribution in [2.45, 2.75) is 25.8 Å². The van der Waals surface area contributed by atoms with E-state index >= 15 is 0 Å². The zero-order valence-corrected chi connectivity index (χ0v) is 17.5. The fraction of sp³-hybridized carbons (Fsp3) is 0.300. The normalized spacial score (nSPS) is 16.0. The average molecular weight is 482 g/mol. The van der Waals surface area contributed by atoms with Gasteiger partial charge < -0.3 is 16.0 Å². The van der Waals surface area contributed by atoms with Crippen LogP contribution in [0.5, 0.6) is 0 Å². The molecule has 27 heavy (non-hydrogen) atoms. The van der Waals surface area contributed by atoms with Crippen molar-refractivity contribution >= 4 is 41.5 Å². The summed E-state index contributed by atoms with van der Waals surface area (Å²) >= 11 is 0. The third-order valence-electron chi connectivity index (χ3n) is 4.30. The number of halogens is 2. The molecule has 5 nitrogen and oxygen atoms in total. The van der Waals surface area contributed by atoms with E-state index in [1.54, 1.807) is 12.1 Å². The quantitative estimate of drug-likeness (QED) is 0.347. The van der Waals surface area contributed by atoms with Crippen molar-refractivity contribution in [3.63, 3.8) is 0 Å². The van der Waals surface area contributed by atoms with Crippen molar-refractivity contribution in [1.82, 2.24) is 10.6 Å². The monoisotopic (exact) mass is 482 g/mol. The van der Waals surface area contributed by atoms with Crippen LogP contribution in [-0.4, -0.2) is 25.0 Å². The number of carbonyl (C=O) groups is 1. The second-order valence-electron chi connectivity index (χ2n) is 6.24. The highest BCUT2D eigenvalue weighted by molar-refractivity contribution is 14.0. The van der Waals surface area contributed by atoms with Crippen molar-refractivity contribution in [1.29, 1.82) is 0 Å². The van der Waals surface area contributed by atoms with Gasteiger partial charge in [-0.3, -0.25) is 4.79 Å². The van der Waals surface area contributed by atoms with E-state index in [-0.39, 0.29) is 41.6 Å². The van der Waals surface area contributed by atoms with E-state index in [0.717, 1.165) is 23.4 Å². The number of nitrogens with zero attached hydrogens (tertiary/aromatic N) is 1. The lowest BCUT2D eigenvalue weighted by Crippen LogP contribution is -2.40. The Morgan fingerprint density at radius 1 is 1.19 bits per heavy atom. The molecule has 0 bridgehead atoms. The largest absolute Gasteiger partial charge is 0.357 e. The van der Waals surface area contributed by atoms with Gasteiger partial charge in [-0.25, -0.2) is 9.38 Å². The minimum Gasteiger partial charge on any atom is -0.357 e. The van der Waals surface area contributed by atoms with Crippen molar-refractivity contribution < 1.29 is 9.18 Å². The van der Waals surface area contributed by atoms with Crippen molar-refractivity contribution in [2.75, 3.05) is 18.4 Å². The van der Waals surface area contributed by atoms with Crippen LogP contribution >= 0.6 is 24.0 Å². The van der Waals surface area contributed by atoms with Crippen molar-refractivity contribution in [3.8, 4) is 0 Å². The first-order chi connectivity index (χ1) is 12.7. The molecule has 0 spiro atoms. The lowest BCUT2D eigenvalue weighted by molar-refractivity contribution is -0.116. The number of fused-ring (bicyclic) bond motifs is 1. The van der Waals surface area contributed by atoms with E-state index in [4.69, 9.17) is 0 Å². The Kier molecular flexibility index (Phi) is 8.02. The van der Waals surface area contributed by atoms with Gasteiger partial charge in [-0.1, -0.05) is 30.3 Å². The second-order valence-corrected chi connectivity index (χ2v) is 6.24. The first-order valence-electron chi connectivity index (χ1n) is 8.81. The number of aliphatic imine (C=N–C) groups is 1. The highest BCUT2D eigenvalue weighted by atomic mass is 127. The summed E-state index contributed by atoms with van der Waals surface area (Å²) < 4.78 is 13.0. The lowest BCUT2D eigenvalue weighted by atomic mass is 9.90. The van der Waals surface area contributed by atoms with Gasteiger partial charge in [0.15, 0.2) is 5.96 Å². The molecule has 1 unspecified atom stereocenters. The number of nitrogens with one attached hydrogen (secondary N) is 3. The molecule has 3 rings (SSSR count). The molecule has 3 N–H and O–H groups in total. The highest BCUT2D eigenvalue weighted by Gasteiger charge is 2.24. The zero-order valence-electron chi connectivity index (χ0n) is 15.2. The van der Waals surface area contributed by atoms with Crippen LogP contribution in [-0.2, 0) is 11.3 Å². The van der Waals surface area contributed by atoms with Crippen LogP contribution in [0.3, 0.4) is 0 Å². The summed E-state index contributed by atoms with van der Waals surface area (Å²) in [6.45, 7) is 3.80. The number of hydrogen-bond donors (Lipinski definition) is 3. The molecule has 1 amide bonds. The molecule has 1 aliphatic rings. The van der Waals surface area contributed by atoms with E-state index in [0.29, 0.717) is 25.5 Å². The van der Waals surface area contributed by atoms with E-state index in [1.807, 2.05) is 31.2 Å². The molecule has 0 radical (unpaired) electrons. The van der Waals surface area contributed by atoms with Gasteiger partial charge in [-0.15, -0.1) is 24.0 Å². The average Bonchev–Trinajstić information content (AvgIpc) is 2.65. The summed E-state index contributed by atoms with van der Waals surface area (Å²) in [5, 5.41) is 9.43. The Bertz CT molecular complexity index is 795. The van der Waals surface area contributed by atoms with Crippen molar-refractivity contribution in [3.05, 3.63) is 65.5 Å². The van der Waals surface area contributed by atoms with Gasteiger partial charge in [-0.2, -0.15) is 0 Å². The number of anilines is 1. The summed E-state index contributed by atoms with van der Waals surface area (Å²) in [5.74, 6) is 0.552. The van der Waals surface area contributed by atoms with Crippen LogP contribution in [0.4, 0.5) is 10.1 Å². The second kappa shape index (κ2) is 10.2. The molecular weight excluding hydrogens is 458 g/mol. The van der Waals surface area contributed by atoms with Crippen LogP contribution in [0, 0.1) is 5.82 Å². The number of para-hydroxylation sites is 1. The fourth-order valence-electron chi connectivity index (χ4n) is 3.01. The van der Waals surface area contributed by atoms with Gasteiger partial charge in [0, 0.05) is 31.1 Å². The predicted molar refractivity (Wildman–Crippen MR) is 117 cm³/mol. The standard InChI is InChI=1S/C20H23FN4O.HI/c1-2-22-20(23-12-14-7-9-16(21)10-8-14)24-13-15-11-19(26)25-18-6-4-3-5-17(15)18;/h3-10,15H,2,11-13H2,1H3,(H,25,26)(H2,22,23,24);1H. The number of carbonyl (C=O) groups excluding carboxylic acids is 1. The first kappa shape index (κ1) is 21.1. The molecule has 7 heteroatoms. The van der Waals surface area contributed by atoms with E-state index in [9.17, 15) is 9.18 Å². The maximum absolute atomic E-state index is 13.0. The summed E-state index contributed by atoms with van der Waals surface area (Å²) in [6, 6.07) is 14.2. The number of rotatable bonds is 5. The molecular formula is C20H24FIN4O. The summed E-state index contributed by atoms with van der Waals surface area (Å²) in [5.41, 5.74) is 2.95. The maximum Gasteiger partial charge on any atom is 0.225 e. The molecule has 1 atom stereocenters. The van der Waals surface area contributed by atoms with E-state index < -0.39 is 0 Å². The highest BCUT2D eigenvalue weighted by Crippen LogP contribution is 2.31. The molecule has 1 aliphatic heterocycles. The molecule has 0 saturated heterocycles. The zero-order chi connectivity index (χ0) is 18.4. The molecule has 1 heterocycles. The third kappa shape index (κ3) is 5.92. The van der Waals surface area contributed by atoms with Crippen LogP contribution in [0.2, 0.25) is 0 Å². The van der Waals surface area contributed by atoms with Gasteiger partial charge in [0.1, 0.15) is 5.82 Å². The maximum atomic E-state index is 13.0. The number of hydrogen-bond acceptors (Lipinski definition) is 2. The Hall–Kier alpha value is -2.16. The molecule has 0 saturated carbocycles. The van der Waals surface area contributed by atoms with Gasteiger partial charge in [0.2, 0.25) is 5.91 Å². The van der Waals surface area contributed by atoms with Crippen LogP contribution in [0.1, 0.15) is 30.4 Å². The Morgan fingerprint density at radius 3 is 2.67 bits per heavy atom. The lowest BCUT2D eigenvalue weighted by Gasteiger charge is -2.26. The van der Waals surface area contributed by atoms with Crippen LogP contribution < -0.4 is 16.0 Å². The number of guanidine groups is 1. The molecule has 0 aromatic heterocycles. The Morgan fingerprint density at radius 2 is 1.93 bits per heavy atom. The first-order valence-corrected chi connectivity index (χ1v) is 8.81. The van der Waals surface area contributed by atoms with Gasteiger partial charge in [0.05, 0.1) is 6.54 Å². The summed E-state index contributed by atoms with van der Waals surface area (Å²) in [6.07, 6.45) is 0.446. The summed E-state index contributed by atoms with van der Waals surface area (Å²) in [7, 11) is 0.